The summed E-state index contributed by atoms with van der Waals surface area (Å²) in [4.78, 5) is 30.7. The van der Waals surface area contributed by atoms with Crippen LogP contribution in [0.3, 0.4) is 0 Å². The summed E-state index contributed by atoms with van der Waals surface area (Å²) in [7, 11) is 0. The number of nitrogens with one attached hydrogen (secondary N) is 2. The third kappa shape index (κ3) is 5.45. The molecule has 3 aromatic carbocycles. The van der Waals surface area contributed by atoms with Crippen LogP contribution >= 0.6 is 12.2 Å². The number of aromatic nitrogens is 1. The number of hydrogen-bond acceptors (Lipinski definition) is 8. The van der Waals surface area contributed by atoms with Crippen LogP contribution in [0.25, 0.3) is 22.6 Å². The zero-order valence-electron chi connectivity index (χ0n) is 21.7. The topological polar surface area (TPSA) is 123 Å². The van der Waals surface area contributed by atoms with Crippen LogP contribution in [0.1, 0.15) is 27.0 Å². The highest BCUT2D eigenvalue weighted by molar-refractivity contribution is 7.80. The van der Waals surface area contributed by atoms with Crippen molar-refractivity contribution in [2.24, 2.45) is 0 Å². The number of amides is 1. The largest absolute Gasteiger partial charge is 0.436 e. The van der Waals surface area contributed by atoms with E-state index in [1.165, 1.54) is 6.07 Å². The predicted molar refractivity (Wildman–Crippen MR) is 153 cm³/mol. The molecule has 2 N–H and O–H groups in total. The zero-order valence-corrected chi connectivity index (χ0v) is 22.6. The number of fused-ring (bicyclic) bond motifs is 1. The number of rotatable bonds is 5. The lowest BCUT2D eigenvalue weighted by molar-refractivity contribution is -0.384. The lowest BCUT2D eigenvalue weighted by Gasteiger charge is -2.28. The number of thiocarbonyl (C=S) groups is 1. The van der Waals surface area contributed by atoms with E-state index in [1.807, 2.05) is 56.0 Å². The maximum Gasteiger partial charge on any atom is 0.293 e. The van der Waals surface area contributed by atoms with Crippen LogP contribution in [0, 0.1) is 30.9 Å². The van der Waals surface area contributed by atoms with Crippen LogP contribution in [0.15, 0.2) is 52.9 Å². The van der Waals surface area contributed by atoms with E-state index in [2.05, 4.69) is 15.6 Å². The minimum absolute atomic E-state index is 0.0592. The van der Waals surface area contributed by atoms with Gasteiger partial charge in [0.2, 0.25) is 5.89 Å². The SMILES string of the molecule is Cc1cc2nc(-c3cccc(NC(=S)NC(=O)c4ccc(N5CCOCC5)c([N+](=O)[O-])c4)c3C)oc2cc1C. The van der Waals surface area contributed by atoms with E-state index in [0.717, 1.165) is 27.8 Å². The van der Waals surface area contributed by atoms with Gasteiger partial charge in [-0.1, -0.05) is 6.07 Å². The van der Waals surface area contributed by atoms with Crippen molar-refractivity contribution >= 4 is 51.4 Å². The van der Waals surface area contributed by atoms with Crippen molar-refractivity contribution in [3.63, 3.8) is 0 Å². The normalized spacial score (nSPS) is 13.4. The third-order valence-corrected chi connectivity index (χ3v) is 7.03. The summed E-state index contributed by atoms with van der Waals surface area (Å²) in [6, 6.07) is 14.0. The second kappa shape index (κ2) is 10.8. The Morgan fingerprint density at radius 1 is 1.08 bits per heavy atom. The molecular formula is C28H27N5O5S. The summed E-state index contributed by atoms with van der Waals surface area (Å²) >= 11 is 5.39. The van der Waals surface area contributed by atoms with Gasteiger partial charge in [-0.2, -0.15) is 0 Å². The Bertz CT molecular complexity index is 1570. The Labute approximate surface area is 230 Å². The van der Waals surface area contributed by atoms with Gasteiger partial charge in [0, 0.05) is 36.0 Å². The van der Waals surface area contributed by atoms with E-state index in [4.69, 9.17) is 21.4 Å². The average Bonchev–Trinajstić information content (AvgIpc) is 3.32. The summed E-state index contributed by atoms with van der Waals surface area (Å²) in [5.41, 5.74) is 6.48. The average molecular weight is 546 g/mol. The van der Waals surface area contributed by atoms with Gasteiger partial charge in [-0.05, 0) is 86.1 Å². The number of carbonyl (C=O) groups excluding carboxylic acids is 1. The van der Waals surface area contributed by atoms with Crippen LogP contribution in [-0.2, 0) is 4.74 Å². The number of carbonyl (C=O) groups is 1. The zero-order chi connectivity index (χ0) is 27.7. The minimum atomic E-state index is -0.553. The Hall–Kier alpha value is -4.35. The number of oxazole rings is 1. The highest BCUT2D eigenvalue weighted by atomic mass is 32.1. The van der Waals surface area contributed by atoms with Gasteiger partial charge in [-0.15, -0.1) is 0 Å². The highest BCUT2D eigenvalue weighted by Gasteiger charge is 2.24. The number of benzene rings is 3. The van der Waals surface area contributed by atoms with Crippen molar-refractivity contribution in [1.29, 1.82) is 0 Å². The molecule has 39 heavy (non-hydrogen) atoms. The van der Waals surface area contributed by atoms with Crippen molar-refractivity contribution < 1.29 is 18.9 Å². The molecule has 1 amide bonds. The van der Waals surface area contributed by atoms with Crippen LogP contribution < -0.4 is 15.5 Å². The predicted octanol–water partition coefficient (Wildman–Crippen LogP) is 5.29. The quantitative estimate of drug-likeness (QED) is 0.196. The molecule has 1 aliphatic heterocycles. The molecular weight excluding hydrogens is 518 g/mol. The first-order valence-corrected chi connectivity index (χ1v) is 12.8. The van der Waals surface area contributed by atoms with E-state index in [0.29, 0.717) is 49.2 Å². The molecule has 0 unspecified atom stereocenters. The second-order valence-corrected chi connectivity index (χ2v) is 9.78. The molecule has 1 aromatic heterocycles. The molecule has 0 spiro atoms. The number of aryl methyl sites for hydroxylation is 2. The summed E-state index contributed by atoms with van der Waals surface area (Å²) in [6.07, 6.45) is 0. The number of nitro benzene ring substituents is 1. The molecule has 11 heteroatoms. The Balaban J connectivity index is 1.32. The van der Waals surface area contributed by atoms with Gasteiger partial charge in [-0.25, -0.2) is 4.98 Å². The number of hydrogen-bond donors (Lipinski definition) is 2. The molecule has 0 saturated carbocycles. The third-order valence-electron chi connectivity index (χ3n) is 6.83. The van der Waals surface area contributed by atoms with Gasteiger partial charge in [0.15, 0.2) is 10.7 Å². The van der Waals surface area contributed by atoms with E-state index in [9.17, 15) is 14.9 Å². The van der Waals surface area contributed by atoms with E-state index in [-0.39, 0.29) is 16.4 Å². The van der Waals surface area contributed by atoms with Crippen molar-refractivity contribution in [2.75, 3.05) is 36.5 Å². The Morgan fingerprint density at radius 3 is 2.56 bits per heavy atom. The first-order chi connectivity index (χ1) is 18.7. The molecule has 0 atom stereocenters. The standard InChI is InChI=1S/C28H27N5O5S/c1-16-13-22-25(14-17(16)2)38-27(29-22)20-5-4-6-21(18(20)3)30-28(39)31-26(34)19-7-8-23(24(15-19)33(35)36)32-9-11-37-12-10-32/h4-8,13-15H,9-12H2,1-3H3,(H2,30,31,34,39). The first-order valence-electron chi connectivity index (χ1n) is 12.4. The van der Waals surface area contributed by atoms with Crippen LogP contribution in [-0.4, -0.2) is 47.2 Å². The molecule has 0 radical (unpaired) electrons. The molecule has 200 valence electrons. The minimum Gasteiger partial charge on any atom is -0.436 e. The molecule has 1 saturated heterocycles. The molecule has 10 nitrogen and oxygen atoms in total. The number of nitro groups is 1. The van der Waals surface area contributed by atoms with E-state index < -0.39 is 10.8 Å². The maximum absolute atomic E-state index is 12.9. The Kier molecular flexibility index (Phi) is 7.27. The van der Waals surface area contributed by atoms with Crippen molar-refractivity contribution in [1.82, 2.24) is 10.3 Å². The Morgan fingerprint density at radius 2 is 1.82 bits per heavy atom. The van der Waals surface area contributed by atoms with E-state index in [1.54, 1.807) is 12.1 Å². The van der Waals surface area contributed by atoms with Crippen LogP contribution in [0.5, 0.6) is 0 Å². The lowest BCUT2D eigenvalue weighted by atomic mass is 10.1. The van der Waals surface area contributed by atoms with Gasteiger partial charge in [-0.3, -0.25) is 20.2 Å². The van der Waals surface area contributed by atoms with Crippen LogP contribution in [0.2, 0.25) is 0 Å². The fraction of sp³-hybridized carbons (Fsp3) is 0.250. The highest BCUT2D eigenvalue weighted by Crippen LogP contribution is 2.32. The number of ether oxygens (including phenoxy) is 1. The summed E-state index contributed by atoms with van der Waals surface area (Å²) in [5, 5.41) is 17.5. The van der Waals surface area contributed by atoms with Gasteiger partial charge >= 0.3 is 0 Å². The molecule has 4 aromatic rings. The lowest BCUT2D eigenvalue weighted by Crippen LogP contribution is -2.37. The summed E-state index contributed by atoms with van der Waals surface area (Å²) in [5.74, 6) is -0.0682. The summed E-state index contributed by atoms with van der Waals surface area (Å²) < 4.78 is 11.4. The molecule has 0 bridgehead atoms. The van der Waals surface area contributed by atoms with Gasteiger partial charge in [0.05, 0.1) is 18.1 Å². The van der Waals surface area contributed by atoms with E-state index >= 15 is 0 Å². The molecule has 5 rings (SSSR count). The fourth-order valence-electron chi connectivity index (χ4n) is 4.51. The summed E-state index contributed by atoms with van der Waals surface area (Å²) in [6.45, 7) is 8.03. The van der Waals surface area contributed by atoms with Crippen LogP contribution in [0.4, 0.5) is 17.1 Å². The molecule has 2 heterocycles. The molecule has 0 aliphatic carbocycles. The van der Waals surface area contributed by atoms with Crippen molar-refractivity contribution in [3.8, 4) is 11.5 Å². The molecule has 1 aliphatic rings. The number of morpholine rings is 1. The number of anilines is 2. The smallest absolute Gasteiger partial charge is 0.293 e. The number of nitrogens with zero attached hydrogens (tertiary/aromatic N) is 3. The van der Waals surface area contributed by atoms with Gasteiger partial charge in [0.1, 0.15) is 11.2 Å². The maximum atomic E-state index is 12.9. The molecule has 1 fully saturated rings. The monoisotopic (exact) mass is 545 g/mol. The van der Waals surface area contributed by atoms with Crippen molar-refractivity contribution in [2.45, 2.75) is 20.8 Å². The fourth-order valence-corrected chi connectivity index (χ4v) is 4.71. The van der Waals surface area contributed by atoms with Gasteiger partial charge in [0.25, 0.3) is 11.6 Å². The van der Waals surface area contributed by atoms with Crippen molar-refractivity contribution in [3.05, 3.63) is 80.9 Å². The second-order valence-electron chi connectivity index (χ2n) is 9.37. The first kappa shape index (κ1) is 26.3. The van der Waals surface area contributed by atoms with Gasteiger partial charge < -0.3 is 19.4 Å².